The van der Waals surface area contributed by atoms with E-state index in [-0.39, 0.29) is 17.6 Å². The first-order valence-electron chi connectivity index (χ1n) is 7.00. The molecule has 0 saturated heterocycles. The van der Waals surface area contributed by atoms with Crippen LogP contribution < -0.4 is 5.32 Å². The number of rotatable bonds is 3. The van der Waals surface area contributed by atoms with Crippen LogP contribution in [0.15, 0.2) is 24.3 Å². The van der Waals surface area contributed by atoms with Crippen LogP contribution in [0.5, 0.6) is 0 Å². The van der Waals surface area contributed by atoms with E-state index in [0.29, 0.717) is 19.4 Å². The smallest absolute Gasteiger partial charge is 0.393 e. The number of benzene rings is 1. The van der Waals surface area contributed by atoms with Crippen molar-refractivity contribution in [2.24, 2.45) is 5.92 Å². The molecule has 116 valence electrons. The Bertz CT molecular complexity index is 494. The van der Waals surface area contributed by atoms with Crippen LogP contribution in [0.2, 0.25) is 0 Å². The summed E-state index contributed by atoms with van der Waals surface area (Å²) >= 11 is 0. The Hall–Kier alpha value is -1.56. The number of amides is 1. The lowest BCUT2D eigenvalue weighted by Gasteiger charge is -2.25. The Morgan fingerprint density at radius 1 is 1.19 bits per heavy atom. The highest BCUT2D eigenvalue weighted by molar-refractivity contribution is 5.95. The van der Waals surface area contributed by atoms with Crippen LogP contribution in [-0.2, 0) is 6.18 Å². The van der Waals surface area contributed by atoms with E-state index in [1.54, 1.807) is 0 Å². The summed E-state index contributed by atoms with van der Waals surface area (Å²) in [4.78, 5) is 12.0. The first-order chi connectivity index (χ1) is 9.88. The quantitative estimate of drug-likeness (QED) is 0.901. The summed E-state index contributed by atoms with van der Waals surface area (Å²) in [5, 5.41) is 12.0. The maximum Gasteiger partial charge on any atom is 0.417 e. The van der Waals surface area contributed by atoms with Gasteiger partial charge in [-0.2, -0.15) is 13.2 Å². The van der Waals surface area contributed by atoms with Gasteiger partial charge in [0.1, 0.15) is 0 Å². The second-order valence-electron chi connectivity index (χ2n) is 5.43. The van der Waals surface area contributed by atoms with Gasteiger partial charge in [0.05, 0.1) is 17.2 Å². The molecule has 0 aromatic heterocycles. The molecule has 0 aliphatic heterocycles. The van der Waals surface area contributed by atoms with E-state index >= 15 is 0 Å². The summed E-state index contributed by atoms with van der Waals surface area (Å²) in [6.07, 6.45) is -1.91. The van der Waals surface area contributed by atoms with E-state index in [4.69, 9.17) is 0 Å². The molecule has 0 atom stereocenters. The van der Waals surface area contributed by atoms with Crippen molar-refractivity contribution in [3.8, 4) is 0 Å². The van der Waals surface area contributed by atoms with Gasteiger partial charge >= 0.3 is 6.18 Å². The Kier molecular flexibility index (Phi) is 4.88. The largest absolute Gasteiger partial charge is 0.417 e. The summed E-state index contributed by atoms with van der Waals surface area (Å²) in [5.41, 5.74) is -1.26. The Morgan fingerprint density at radius 2 is 1.81 bits per heavy atom. The fourth-order valence-electron chi connectivity index (χ4n) is 2.61. The Labute approximate surface area is 121 Å². The topological polar surface area (TPSA) is 49.3 Å². The van der Waals surface area contributed by atoms with Crippen LogP contribution in [0.25, 0.3) is 0 Å². The fourth-order valence-corrected chi connectivity index (χ4v) is 2.61. The molecule has 0 heterocycles. The van der Waals surface area contributed by atoms with Gasteiger partial charge in [0.25, 0.3) is 5.91 Å². The molecule has 1 aliphatic rings. The van der Waals surface area contributed by atoms with Crippen molar-refractivity contribution in [1.29, 1.82) is 0 Å². The number of alkyl halides is 3. The van der Waals surface area contributed by atoms with Crippen molar-refractivity contribution in [2.45, 2.75) is 38.0 Å². The van der Waals surface area contributed by atoms with Crippen molar-refractivity contribution in [2.75, 3.05) is 6.54 Å². The minimum atomic E-state index is -4.54. The minimum Gasteiger partial charge on any atom is -0.393 e. The van der Waals surface area contributed by atoms with Crippen molar-refractivity contribution in [3.05, 3.63) is 35.4 Å². The van der Waals surface area contributed by atoms with Gasteiger partial charge in [0, 0.05) is 6.54 Å². The number of aliphatic hydroxyl groups excluding tert-OH is 1. The molecular formula is C15H18F3NO2. The number of aliphatic hydroxyl groups is 1. The predicted octanol–water partition coefficient (Wildman–Crippen LogP) is 2.99. The number of hydrogen-bond acceptors (Lipinski definition) is 2. The van der Waals surface area contributed by atoms with Gasteiger partial charge in [-0.3, -0.25) is 4.79 Å². The van der Waals surface area contributed by atoms with Gasteiger partial charge < -0.3 is 10.4 Å². The van der Waals surface area contributed by atoms with Crippen LogP contribution >= 0.6 is 0 Å². The van der Waals surface area contributed by atoms with Crippen LogP contribution in [-0.4, -0.2) is 23.7 Å². The molecule has 2 rings (SSSR count). The maximum atomic E-state index is 12.8. The van der Waals surface area contributed by atoms with Crippen LogP contribution in [0, 0.1) is 5.92 Å². The van der Waals surface area contributed by atoms with E-state index < -0.39 is 17.6 Å². The van der Waals surface area contributed by atoms with E-state index in [2.05, 4.69) is 5.32 Å². The standard InChI is InChI=1S/C15H18F3NO2/c16-15(17,18)13-4-2-1-3-12(13)14(21)19-9-10-5-7-11(20)8-6-10/h1-4,10-11,20H,5-9H2,(H,19,21). The molecule has 0 bridgehead atoms. The highest BCUT2D eigenvalue weighted by Gasteiger charge is 2.34. The first-order valence-corrected chi connectivity index (χ1v) is 7.00. The van der Waals surface area contributed by atoms with Crippen molar-refractivity contribution in [1.82, 2.24) is 5.32 Å². The highest BCUT2D eigenvalue weighted by atomic mass is 19.4. The zero-order valence-electron chi connectivity index (χ0n) is 11.5. The molecule has 6 heteroatoms. The van der Waals surface area contributed by atoms with Crippen molar-refractivity contribution >= 4 is 5.91 Å². The lowest BCUT2D eigenvalue weighted by atomic mass is 9.87. The molecule has 1 saturated carbocycles. The Morgan fingerprint density at radius 3 is 2.43 bits per heavy atom. The number of carbonyl (C=O) groups is 1. The summed E-state index contributed by atoms with van der Waals surface area (Å²) in [6.45, 7) is 0.345. The highest BCUT2D eigenvalue weighted by Crippen LogP contribution is 2.32. The number of carbonyl (C=O) groups excluding carboxylic acids is 1. The molecule has 3 nitrogen and oxygen atoms in total. The summed E-state index contributed by atoms with van der Waals surface area (Å²) in [7, 11) is 0. The summed E-state index contributed by atoms with van der Waals surface area (Å²) in [5.74, 6) is -0.482. The second kappa shape index (κ2) is 6.47. The molecule has 0 radical (unpaired) electrons. The van der Waals surface area contributed by atoms with E-state index in [1.807, 2.05) is 0 Å². The number of nitrogens with one attached hydrogen (secondary N) is 1. The van der Waals surface area contributed by atoms with Crippen LogP contribution in [0.4, 0.5) is 13.2 Å². The van der Waals surface area contributed by atoms with Crippen LogP contribution in [0.3, 0.4) is 0 Å². The molecule has 21 heavy (non-hydrogen) atoms. The number of halogens is 3. The molecule has 1 fully saturated rings. The lowest BCUT2D eigenvalue weighted by Crippen LogP contribution is -2.33. The molecule has 2 N–H and O–H groups in total. The number of hydrogen-bond donors (Lipinski definition) is 2. The zero-order valence-corrected chi connectivity index (χ0v) is 11.5. The van der Waals surface area contributed by atoms with Gasteiger partial charge in [-0.15, -0.1) is 0 Å². The lowest BCUT2D eigenvalue weighted by molar-refractivity contribution is -0.137. The molecule has 0 spiro atoms. The van der Waals surface area contributed by atoms with Gasteiger partial charge in [0.15, 0.2) is 0 Å². The summed E-state index contributed by atoms with van der Waals surface area (Å²) in [6, 6.07) is 4.78. The molecule has 0 unspecified atom stereocenters. The van der Waals surface area contributed by atoms with Crippen molar-refractivity contribution < 1.29 is 23.1 Å². The van der Waals surface area contributed by atoms with E-state index in [9.17, 15) is 23.1 Å². The average Bonchev–Trinajstić information content (AvgIpc) is 2.45. The second-order valence-corrected chi connectivity index (χ2v) is 5.43. The molecule has 1 aliphatic carbocycles. The minimum absolute atomic E-state index is 0.218. The average molecular weight is 301 g/mol. The third-order valence-corrected chi connectivity index (χ3v) is 3.84. The van der Waals surface area contributed by atoms with Crippen LogP contribution in [0.1, 0.15) is 41.6 Å². The maximum absolute atomic E-state index is 12.8. The molecular weight excluding hydrogens is 283 g/mol. The normalized spacial score (nSPS) is 22.9. The van der Waals surface area contributed by atoms with E-state index in [1.165, 1.54) is 18.2 Å². The Balaban J connectivity index is 1.98. The third-order valence-electron chi connectivity index (χ3n) is 3.84. The third kappa shape index (κ3) is 4.20. The summed E-state index contributed by atoms with van der Waals surface area (Å²) < 4.78 is 38.5. The SMILES string of the molecule is O=C(NCC1CCC(O)CC1)c1ccccc1C(F)(F)F. The predicted molar refractivity (Wildman–Crippen MR) is 71.7 cm³/mol. The molecule has 1 aromatic rings. The van der Waals surface area contributed by atoms with Crippen molar-refractivity contribution in [3.63, 3.8) is 0 Å². The van der Waals surface area contributed by atoms with E-state index in [0.717, 1.165) is 18.9 Å². The fraction of sp³-hybridized carbons (Fsp3) is 0.533. The van der Waals surface area contributed by atoms with Gasteiger partial charge in [-0.1, -0.05) is 12.1 Å². The monoisotopic (exact) mass is 301 g/mol. The van der Waals surface area contributed by atoms with Gasteiger partial charge in [-0.05, 0) is 43.7 Å². The molecule has 1 aromatic carbocycles. The molecule has 1 amide bonds. The first kappa shape index (κ1) is 15.8. The van der Waals surface area contributed by atoms with Gasteiger partial charge in [0.2, 0.25) is 0 Å². The van der Waals surface area contributed by atoms with Gasteiger partial charge in [-0.25, -0.2) is 0 Å². The zero-order chi connectivity index (χ0) is 15.5.